The average Bonchev–Trinajstić information content (AvgIpc) is 2.06. The molecular weight excluding hydrogens is 156 g/mol. The Morgan fingerprint density at radius 1 is 1.45 bits per heavy atom. The van der Waals surface area contributed by atoms with Crippen LogP contribution < -0.4 is 5.32 Å². The summed E-state index contributed by atoms with van der Waals surface area (Å²) in [5, 5.41) is 11.6. The van der Waals surface area contributed by atoms with Crippen LogP contribution in [0.3, 0.4) is 0 Å². The molecule has 1 aromatic carbocycles. The molecule has 0 heterocycles. The zero-order chi connectivity index (χ0) is 8.10. The fourth-order valence-corrected chi connectivity index (χ4v) is 0.990. The highest BCUT2D eigenvalue weighted by atomic mass is 32.1. The van der Waals surface area contributed by atoms with Crippen molar-refractivity contribution in [1.82, 2.24) is 0 Å². The third-order valence-corrected chi connectivity index (χ3v) is 1.48. The van der Waals surface area contributed by atoms with Gasteiger partial charge in [-0.3, -0.25) is 0 Å². The number of hydrogen-bond donors (Lipinski definition) is 2. The number of rotatable bonds is 2. The van der Waals surface area contributed by atoms with Gasteiger partial charge in [0.25, 0.3) is 0 Å². The molecule has 0 aliphatic heterocycles. The Balaban J connectivity index is 2.95. The van der Waals surface area contributed by atoms with E-state index in [2.05, 4.69) is 24.0 Å². The van der Waals surface area contributed by atoms with Gasteiger partial charge in [0.05, 0.1) is 17.1 Å². The summed E-state index contributed by atoms with van der Waals surface area (Å²) < 4.78 is 0. The Labute approximate surface area is 71.3 Å². The van der Waals surface area contributed by atoms with E-state index in [4.69, 9.17) is 5.26 Å². The summed E-state index contributed by atoms with van der Waals surface area (Å²) in [5.74, 6) is 0.540. The maximum Gasteiger partial charge on any atom is 0.101 e. The van der Waals surface area contributed by atoms with Crippen molar-refractivity contribution in [3.63, 3.8) is 0 Å². The lowest BCUT2D eigenvalue weighted by Gasteiger charge is -2.02. The van der Waals surface area contributed by atoms with Gasteiger partial charge in [0, 0.05) is 0 Å². The predicted molar refractivity (Wildman–Crippen MR) is 48.6 cm³/mol. The van der Waals surface area contributed by atoms with Crippen molar-refractivity contribution >= 4 is 18.3 Å². The Bertz CT molecular complexity index is 278. The molecule has 0 bridgehead atoms. The first-order chi connectivity index (χ1) is 5.38. The van der Waals surface area contributed by atoms with E-state index in [-0.39, 0.29) is 0 Å². The molecule has 0 aromatic heterocycles. The molecular formula is C8H8N2S. The van der Waals surface area contributed by atoms with Crippen LogP contribution in [-0.4, -0.2) is 5.88 Å². The Morgan fingerprint density at radius 2 is 2.18 bits per heavy atom. The number of nitrogens with one attached hydrogen (secondary N) is 1. The fourth-order valence-electron chi connectivity index (χ4n) is 0.820. The van der Waals surface area contributed by atoms with Gasteiger partial charge < -0.3 is 5.32 Å². The first-order valence-corrected chi connectivity index (χ1v) is 3.85. The van der Waals surface area contributed by atoms with E-state index in [0.717, 1.165) is 5.69 Å². The maximum atomic E-state index is 8.63. The number of benzene rings is 1. The smallest absolute Gasteiger partial charge is 0.101 e. The summed E-state index contributed by atoms with van der Waals surface area (Å²) in [6.07, 6.45) is 0. The Hall–Kier alpha value is -1.14. The molecule has 0 fully saturated rings. The molecule has 0 aliphatic carbocycles. The lowest BCUT2D eigenvalue weighted by atomic mass is 10.2. The first kappa shape index (κ1) is 7.96. The number of anilines is 1. The van der Waals surface area contributed by atoms with Crippen LogP contribution in [0.25, 0.3) is 0 Å². The van der Waals surface area contributed by atoms with Crippen LogP contribution in [-0.2, 0) is 0 Å². The Kier molecular flexibility index (Phi) is 2.82. The van der Waals surface area contributed by atoms with E-state index in [1.54, 1.807) is 6.07 Å². The van der Waals surface area contributed by atoms with E-state index in [1.165, 1.54) is 0 Å². The van der Waals surface area contributed by atoms with Gasteiger partial charge in [0.1, 0.15) is 6.07 Å². The lowest BCUT2D eigenvalue weighted by Crippen LogP contribution is -1.96. The highest BCUT2D eigenvalue weighted by Gasteiger charge is 1.96. The van der Waals surface area contributed by atoms with Gasteiger partial charge in [-0.1, -0.05) is 12.1 Å². The number of para-hydroxylation sites is 1. The van der Waals surface area contributed by atoms with Crippen LogP contribution in [0.5, 0.6) is 0 Å². The van der Waals surface area contributed by atoms with E-state index in [9.17, 15) is 0 Å². The summed E-state index contributed by atoms with van der Waals surface area (Å²) in [6.45, 7) is 0. The number of hydrogen-bond acceptors (Lipinski definition) is 3. The van der Waals surface area contributed by atoms with Gasteiger partial charge in [-0.25, -0.2) is 0 Å². The van der Waals surface area contributed by atoms with E-state index < -0.39 is 0 Å². The fraction of sp³-hybridized carbons (Fsp3) is 0.125. The van der Waals surface area contributed by atoms with Crippen molar-refractivity contribution < 1.29 is 0 Å². The third-order valence-electron chi connectivity index (χ3n) is 1.32. The minimum atomic E-state index is 0.540. The van der Waals surface area contributed by atoms with Crippen LogP contribution in [0.4, 0.5) is 5.69 Å². The molecule has 0 saturated heterocycles. The monoisotopic (exact) mass is 164 g/mol. The van der Waals surface area contributed by atoms with Crippen molar-refractivity contribution in [2.45, 2.75) is 0 Å². The minimum absolute atomic E-state index is 0.540. The molecule has 0 atom stereocenters. The van der Waals surface area contributed by atoms with Gasteiger partial charge in [-0.15, -0.1) is 0 Å². The molecule has 11 heavy (non-hydrogen) atoms. The largest absolute Gasteiger partial charge is 0.375 e. The molecule has 1 N–H and O–H groups in total. The van der Waals surface area contributed by atoms with Crippen LogP contribution in [0, 0.1) is 11.3 Å². The van der Waals surface area contributed by atoms with Gasteiger partial charge in [-0.2, -0.15) is 17.9 Å². The zero-order valence-corrected chi connectivity index (χ0v) is 6.81. The molecule has 0 saturated carbocycles. The molecule has 0 spiro atoms. The quantitative estimate of drug-likeness (QED) is 0.517. The lowest BCUT2D eigenvalue weighted by molar-refractivity contribution is 1.42. The second-order valence-electron chi connectivity index (χ2n) is 1.99. The van der Waals surface area contributed by atoms with Gasteiger partial charge >= 0.3 is 0 Å². The summed E-state index contributed by atoms with van der Waals surface area (Å²) in [5.41, 5.74) is 1.49. The summed E-state index contributed by atoms with van der Waals surface area (Å²) >= 11 is 4.00. The second-order valence-corrected chi connectivity index (χ2v) is 2.31. The second kappa shape index (κ2) is 3.89. The van der Waals surface area contributed by atoms with Gasteiger partial charge in [0.15, 0.2) is 0 Å². The summed E-state index contributed by atoms with van der Waals surface area (Å²) in [6, 6.07) is 9.43. The molecule has 3 heteroatoms. The molecule has 1 aromatic rings. The van der Waals surface area contributed by atoms with Crippen LogP contribution in [0.15, 0.2) is 24.3 Å². The van der Waals surface area contributed by atoms with Crippen molar-refractivity contribution in [2.24, 2.45) is 0 Å². The van der Waals surface area contributed by atoms with Crippen molar-refractivity contribution in [3.8, 4) is 6.07 Å². The molecule has 56 valence electrons. The van der Waals surface area contributed by atoms with Crippen molar-refractivity contribution in [1.29, 1.82) is 5.26 Å². The topological polar surface area (TPSA) is 35.8 Å². The molecule has 2 nitrogen and oxygen atoms in total. The number of thiol groups is 1. The van der Waals surface area contributed by atoms with Crippen molar-refractivity contribution in [2.75, 3.05) is 11.2 Å². The van der Waals surface area contributed by atoms with Crippen LogP contribution >= 0.6 is 12.6 Å². The zero-order valence-electron chi connectivity index (χ0n) is 5.91. The average molecular weight is 164 g/mol. The SMILES string of the molecule is N#Cc1ccccc1NCS. The predicted octanol–water partition coefficient (Wildman–Crippen LogP) is 1.86. The summed E-state index contributed by atoms with van der Waals surface area (Å²) in [7, 11) is 0. The summed E-state index contributed by atoms with van der Waals surface area (Å²) in [4.78, 5) is 0. The molecule has 0 amide bonds. The van der Waals surface area contributed by atoms with Crippen LogP contribution in [0.2, 0.25) is 0 Å². The van der Waals surface area contributed by atoms with Crippen LogP contribution in [0.1, 0.15) is 5.56 Å². The third kappa shape index (κ3) is 1.89. The van der Waals surface area contributed by atoms with E-state index >= 15 is 0 Å². The van der Waals surface area contributed by atoms with Gasteiger partial charge in [-0.05, 0) is 12.1 Å². The van der Waals surface area contributed by atoms with Gasteiger partial charge in [0.2, 0.25) is 0 Å². The standard InChI is InChI=1S/C8H8N2S/c9-5-7-3-1-2-4-8(7)10-6-11/h1-4,10-11H,6H2. The molecule has 0 unspecified atom stereocenters. The van der Waals surface area contributed by atoms with E-state index in [0.29, 0.717) is 11.4 Å². The molecule has 0 radical (unpaired) electrons. The first-order valence-electron chi connectivity index (χ1n) is 3.22. The molecule has 1 rings (SSSR count). The van der Waals surface area contributed by atoms with E-state index in [1.807, 2.05) is 18.2 Å². The normalized spacial score (nSPS) is 8.73. The maximum absolute atomic E-state index is 8.63. The molecule has 0 aliphatic rings. The van der Waals surface area contributed by atoms with Crippen molar-refractivity contribution in [3.05, 3.63) is 29.8 Å². The Morgan fingerprint density at radius 3 is 2.82 bits per heavy atom. The minimum Gasteiger partial charge on any atom is -0.375 e. The highest BCUT2D eigenvalue weighted by molar-refractivity contribution is 7.80. The number of nitriles is 1. The highest BCUT2D eigenvalue weighted by Crippen LogP contribution is 2.12. The number of nitrogens with zero attached hydrogens (tertiary/aromatic N) is 1.